The van der Waals surface area contributed by atoms with E-state index < -0.39 is 0 Å². The average Bonchev–Trinajstić information content (AvgIpc) is 2.34. The summed E-state index contributed by atoms with van der Waals surface area (Å²) in [5.41, 5.74) is 2.24. The Balaban J connectivity index is 2.96. The number of benzene rings is 1. The minimum atomic E-state index is 0.679. The maximum absolute atomic E-state index is 5.89. The first-order valence-electron chi connectivity index (χ1n) is 3.43. The van der Waals surface area contributed by atoms with Gasteiger partial charge in [0.15, 0.2) is 0 Å². The lowest BCUT2D eigenvalue weighted by Gasteiger charge is -1.94. The van der Waals surface area contributed by atoms with Crippen molar-refractivity contribution < 1.29 is 0 Å². The van der Waals surface area contributed by atoms with E-state index in [0.717, 1.165) is 10.9 Å². The molecule has 0 saturated carbocycles. The van der Waals surface area contributed by atoms with Crippen LogP contribution in [-0.2, 0) is 0 Å². The van der Waals surface area contributed by atoms with Gasteiger partial charge in [-0.1, -0.05) is 23.7 Å². The molecule has 1 nitrogen and oxygen atoms in total. The third-order valence-electron chi connectivity index (χ3n) is 1.80. The number of hydrogen-bond donors (Lipinski definition) is 1. The average molecular weight is 165 g/mol. The summed E-state index contributed by atoms with van der Waals surface area (Å²) in [6, 6.07) is 6.03. The number of rotatable bonds is 0. The highest BCUT2D eigenvalue weighted by atomic mass is 35.5. The zero-order valence-corrected chi connectivity index (χ0v) is 6.87. The van der Waals surface area contributed by atoms with E-state index in [1.165, 1.54) is 5.56 Å². The SMILES string of the molecule is Cc1cccc2[nH][c]c(Cl)c12. The van der Waals surface area contributed by atoms with Crippen LogP contribution in [0.2, 0.25) is 5.02 Å². The molecule has 1 heterocycles. The molecule has 0 atom stereocenters. The van der Waals surface area contributed by atoms with Gasteiger partial charge in [-0.2, -0.15) is 0 Å². The third kappa shape index (κ3) is 0.925. The maximum Gasteiger partial charge on any atom is 0.0835 e. The second kappa shape index (κ2) is 2.28. The van der Waals surface area contributed by atoms with Crippen molar-refractivity contribution in [2.45, 2.75) is 6.92 Å². The maximum atomic E-state index is 5.89. The molecule has 0 aliphatic rings. The molecule has 2 rings (SSSR count). The van der Waals surface area contributed by atoms with Gasteiger partial charge in [0, 0.05) is 10.9 Å². The Bertz CT molecular complexity index is 389. The predicted octanol–water partition coefficient (Wildman–Crippen LogP) is 2.93. The van der Waals surface area contributed by atoms with E-state index in [9.17, 15) is 0 Å². The molecule has 0 aliphatic heterocycles. The molecule has 1 N–H and O–H groups in total. The first-order chi connectivity index (χ1) is 5.29. The number of nitrogens with one attached hydrogen (secondary N) is 1. The van der Waals surface area contributed by atoms with E-state index in [0.29, 0.717) is 5.02 Å². The number of halogens is 1. The highest BCUT2D eigenvalue weighted by molar-refractivity contribution is 6.35. The van der Waals surface area contributed by atoms with Crippen LogP contribution in [0.3, 0.4) is 0 Å². The molecular formula is C9H7ClN. The van der Waals surface area contributed by atoms with Gasteiger partial charge >= 0.3 is 0 Å². The molecule has 2 aromatic rings. The van der Waals surface area contributed by atoms with E-state index in [-0.39, 0.29) is 0 Å². The van der Waals surface area contributed by atoms with Gasteiger partial charge in [-0.3, -0.25) is 0 Å². The summed E-state index contributed by atoms with van der Waals surface area (Å²) in [6.45, 7) is 2.04. The summed E-state index contributed by atoms with van der Waals surface area (Å²) in [4.78, 5) is 2.97. The van der Waals surface area contributed by atoms with Gasteiger partial charge < -0.3 is 4.98 Å². The first kappa shape index (κ1) is 6.74. The van der Waals surface area contributed by atoms with Crippen LogP contribution in [0, 0.1) is 13.1 Å². The number of aromatic amines is 1. The Kier molecular flexibility index (Phi) is 1.40. The van der Waals surface area contributed by atoms with E-state index in [1.807, 2.05) is 25.1 Å². The van der Waals surface area contributed by atoms with Crippen molar-refractivity contribution in [1.82, 2.24) is 4.98 Å². The van der Waals surface area contributed by atoms with E-state index in [2.05, 4.69) is 11.2 Å². The van der Waals surface area contributed by atoms with E-state index >= 15 is 0 Å². The Morgan fingerprint density at radius 3 is 3.00 bits per heavy atom. The van der Waals surface area contributed by atoms with Crippen molar-refractivity contribution in [3.8, 4) is 0 Å². The van der Waals surface area contributed by atoms with Crippen LogP contribution < -0.4 is 0 Å². The van der Waals surface area contributed by atoms with Crippen LogP contribution in [0.15, 0.2) is 18.2 Å². The molecule has 2 heteroatoms. The van der Waals surface area contributed by atoms with Gasteiger partial charge in [0.2, 0.25) is 0 Å². The second-order valence-corrected chi connectivity index (χ2v) is 2.94. The topological polar surface area (TPSA) is 15.8 Å². The quantitative estimate of drug-likeness (QED) is 0.616. The minimum absolute atomic E-state index is 0.679. The van der Waals surface area contributed by atoms with Crippen LogP contribution in [0.5, 0.6) is 0 Å². The third-order valence-corrected chi connectivity index (χ3v) is 2.08. The van der Waals surface area contributed by atoms with Gasteiger partial charge in [0.1, 0.15) is 0 Å². The van der Waals surface area contributed by atoms with E-state index in [1.54, 1.807) is 0 Å². The highest BCUT2D eigenvalue weighted by Gasteiger charge is 2.02. The number of H-pyrrole nitrogens is 1. The molecule has 0 spiro atoms. The Hall–Kier alpha value is -0.950. The van der Waals surface area contributed by atoms with Gasteiger partial charge in [-0.05, 0) is 18.6 Å². The highest BCUT2D eigenvalue weighted by Crippen LogP contribution is 2.24. The van der Waals surface area contributed by atoms with Crippen molar-refractivity contribution in [3.63, 3.8) is 0 Å². The van der Waals surface area contributed by atoms with Crippen LogP contribution in [0.25, 0.3) is 10.9 Å². The van der Waals surface area contributed by atoms with Crippen molar-refractivity contribution >= 4 is 22.5 Å². The molecule has 1 aromatic heterocycles. The van der Waals surface area contributed by atoms with E-state index in [4.69, 9.17) is 11.6 Å². The zero-order valence-electron chi connectivity index (χ0n) is 6.11. The Morgan fingerprint density at radius 1 is 1.45 bits per heavy atom. The molecule has 0 amide bonds. The van der Waals surface area contributed by atoms with Crippen molar-refractivity contribution in [1.29, 1.82) is 0 Å². The Morgan fingerprint density at radius 2 is 2.27 bits per heavy atom. The summed E-state index contributed by atoms with van der Waals surface area (Å²) in [7, 11) is 0. The van der Waals surface area contributed by atoms with Crippen LogP contribution in [0.1, 0.15) is 5.56 Å². The fraction of sp³-hybridized carbons (Fsp3) is 0.111. The lowest BCUT2D eigenvalue weighted by atomic mass is 10.1. The predicted molar refractivity (Wildman–Crippen MR) is 46.9 cm³/mol. The molecule has 0 fully saturated rings. The fourth-order valence-electron chi connectivity index (χ4n) is 1.25. The molecule has 0 bridgehead atoms. The summed E-state index contributed by atoms with van der Waals surface area (Å²) in [6.07, 6.45) is 2.86. The zero-order chi connectivity index (χ0) is 7.84. The van der Waals surface area contributed by atoms with Crippen LogP contribution >= 0.6 is 11.6 Å². The largest absolute Gasteiger partial charge is 0.352 e. The van der Waals surface area contributed by atoms with Gasteiger partial charge in [0.25, 0.3) is 0 Å². The number of aromatic nitrogens is 1. The van der Waals surface area contributed by atoms with Gasteiger partial charge in [-0.25, -0.2) is 0 Å². The standard InChI is InChI=1S/C9H7ClN/c1-6-3-2-4-8-9(6)7(10)5-11-8/h2-4,11H,1H3. The number of fused-ring (bicyclic) bond motifs is 1. The normalized spacial score (nSPS) is 10.7. The molecule has 0 unspecified atom stereocenters. The van der Waals surface area contributed by atoms with Crippen LogP contribution in [0.4, 0.5) is 0 Å². The Labute approximate surface area is 70.0 Å². The molecule has 1 aromatic carbocycles. The summed E-state index contributed by atoms with van der Waals surface area (Å²) < 4.78 is 0. The smallest absolute Gasteiger partial charge is 0.0835 e. The summed E-state index contributed by atoms with van der Waals surface area (Å²) >= 11 is 5.89. The van der Waals surface area contributed by atoms with Gasteiger partial charge in [-0.15, -0.1) is 0 Å². The molecule has 0 aliphatic carbocycles. The minimum Gasteiger partial charge on any atom is -0.352 e. The lowest BCUT2D eigenvalue weighted by molar-refractivity contribution is 1.45. The lowest BCUT2D eigenvalue weighted by Crippen LogP contribution is -1.72. The second-order valence-electron chi connectivity index (χ2n) is 2.56. The van der Waals surface area contributed by atoms with Crippen molar-refractivity contribution in [2.24, 2.45) is 0 Å². The first-order valence-corrected chi connectivity index (χ1v) is 3.81. The van der Waals surface area contributed by atoms with Gasteiger partial charge in [0.05, 0.1) is 11.2 Å². The molecule has 55 valence electrons. The number of aryl methyl sites for hydroxylation is 1. The van der Waals surface area contributed by atoms with Crippen molar-refractivity contribution in [2.75, 3.05) is 0 Å². The fourth-order valence-corrected chi connectivity index (χ4v) is 1.55. The van der Waals surface area contributed by atoms with Crippen molar-refractivity contribution in [3.05, 3.63) is 35.0 Å². The monoisotopic (exact) mass is 164 g/mol. The molecule has 0 saturated heterocycles. The van der Waals surface area contributed by atoms with Crippen LogP contribution in [-0.4, -0.2) is 4.98 Å². The molecule has 11 heavy (non-hydrogen) atoms. The number of hydrogen-bond acceptors (Lipinski definition) is 0. The summed E-state index contributed by atoms with van der Waals surface area (Å²) in [5, 5.41) is 1.76. The molecular weight excluding hydrogens is 158 g/mol. The summed E-state index contributed by atoms with van der Waals surface area (Å²) in [5.74, 6) is 0. The molecule has 1 radical (unpaired) electrons.